The number of halogens is 1. The van der Waals surface area contributed by atoms with E-state index in [1.807, 2.05) is 0 Å². The number of rotatable bonds is 5. The first-order valence-corrected chi connectivity index (χ1v) is 8.34. The molecule has 20 heavy (non-hydrogen) atoms. The standard InChI is InChI=1S/C13H15FN2O2S2/c1-9(11-3-2-4-12(14)6-11)16-20(17,18)13-5-10(7-15)8-19-13/h2-6,8-9,16H,7,15H2,1H3. The molecule has 0 amide bonds. The van der Waals surface area contributed by atoms with Crippen LogP contribution in [0.3, 0.4) is 0 Å². The van der Waals surface area contributed by atoms with Crippen molar-refractivity contribution < 1.29 is 12.8 Å². The molecule has 0 spiro atoms. The van der Waals surface area contributed by atoms with Gasteiger partial charge >= 0.3 is 0 Å². The van der Waals surface area contributed by atoms with E-state index in [-0.39, 0.29) is 4.21 Å². The summed E-state index contributed by atoms with van der Waals surface area (Å²) in [5.41, 5.74) is 6.81. The molecule has 0 saturated carbocycles. The van der Waals surface area contributed by atoms with Crippen molar-refractivity contribution in [1.82, 2.24) is 4.72 Å². The summed E-state index contributed by atoms with van der Waals surface area (Å²) in [6.07, 6.45) is 0. The lowest BCUT2D eigenvalue weighted by Crippen LogP contribution is -2.26. The first kappa shape index (κ1) is 15.1. The van der Waals surface area contributed by atoms with Crippen molar-refractivity contribution in [3.8, 4) is 0 Å². The van der Waals surface area contributed by atoms with Gasteiger partial charge in [0.15, 0.2) is 0 Å². The molecule has 1 heterocycles. The molecule has 0 radical (unpaired) electrons. The number of hydrogen-bond donors (Lipinski definition) is 2. The number of benzene rings is 1. The minimum Gasteiger partial charge on any atom is -0.326 e. The van der Waals surface area contributed by atoms with Crippen LogP contribution in [-0.4, -0.2) is 8.42 Å². The summed E-state index contributed by atoms with van der Waals surface area (Å²) < 4.78 is 40.3. The Balaban J connectivity index is 2.19. The fraction of sp³-hybridized carbons (Fsp3) is 0.231. The van der Waals surface area contributed by atoms with Gasteiger partial charge in [0.05, 0.1) is 0 Å². The molecule has 4 nitrogen and oxygen atoms in total. The van der Waals surface area contributed by atoms with Gasteiger partial charge in [-0.2, -0.15) is 0 Å². The molecule has 0 aliphatic rings. The molecule has 0 fully saturated rings. The molecule has 1 aromatic carbocycles. The average Bonchev–Trinajstić information content (AvgIpc) is 2.87. The van der Waals surface area contributed by atoms with Crippen LogP contribution in [0, 0.1) is 5.82 Å². The predicted molar refractivity (Wildman–Crippen MR) is 77.3 cm³/mol. The van der Waals surface area contributed by atoms with Gasteiger partial charge in [-0.3, -0.25) is 0 Å². The molecule has 0 aliphatic carbocycles. The lowest BCUT2D eigenvalue weighted by Gasteiger charge is -2.13. The molecule has 0 aliphatic heterocycles. The molecule has 1 unspecified atom stereocenters. The zero-order valence-corrected chi connectivity index (χ0v) is 12.5. The van der Waals surface area contributed by atoms with Crippen LogP contribution in [0.5, 0.6) is 0 Å². The third-order valence-corrected chi connectivity index (χ3v) is 5.84. The Labute approximate surface area is 121 Å². The van der Waals surface area contributed by atoms with Crippen molar-refractivity contribution in [2.24, 2.45) is 5.73 Å². The van der Waals surface area contributed by atoms with E-state index in [0.29, 0.717) is 12.1 Å². The van der Waals surface area contributed by atoms with Gasteiger partial charge in [-0.1, -0.05) is 12.1 Å². The fourth-order valence-corrected chi connectivity index (χ4v) is 4.21. The van der Waals surface area contributed by atoms with Gasteiger partial charge in [-0.25, -0.2) is 17.5 Å². The van der Waals surface area contributed by atoms with E-state index in [0.717, 1.165) is 16.9 Å². The van der Waals surface area contributed by atoms with Crippen LogP contribution < -0.4 is 10.5 Å². The second kappa shape index (κ2) is 6.01. The smallest absolute Gasteiger partial charge is 0.250 e. The molecular formula is C13H15FN2O2S2. The topological polar surface area (TPSA) is 72.2 Å². The Bertz CT molecular complexity index is 698. The number of sulfonamides is 1. The highest BCUT2D eigenvalue weighted by Gasteiger charge is 2.20. The van der Waals surface area contributed by atoms with Gasteiger partial charge in [0, 0.05) is 12.6 Å². The zero-order valence-electron chi connectivity index (χ0n) is 10.8. The monoisotopic (exact) mass is 314 g/mol. The lowest BCUT2D eigenvalue weighted by atomic mass is 10.1. The summed E-state index contributed by atoms with van der Waals surface area (Å²) in [4.78, 5) is 0. The maximum atomic E-state index is 13.1. The van der Waals surface area contributed by atoms with Gasteiger partial charge in [0.1, 0.15) is 10.0 Å². The maximum Gasteiger partial charge on any atom is 0.250 e. The minimum atomic E-state index is -3.62. The zero-order chi connectivity index (χ0) is 14.8. The predicted octanol–water partition coefficient (Wildman–Crippen LogP) is 2.39. The first-order valence-electron chi connectivity index (χ1n) is 5.97. The summed E-state index contributed by atoms with van der Waals surface area (Å²) >= 11 is 1.12. The molecule has 1 atom stereocenters. The van der Waals surface area contributed by atoms with Crippen LogP contribution in [-0.2, 0) is 16.6 Å². The Morgan fingerprint density at radius 2 is 2.15 bits per heavy atom. The van der Waals surface area contributed by atoms with E-state index in [1.54, 1.807) is 30.5 Å². The van der Waals surface area contributed by atoms with Crippen molar-refractivity contribution >= 4 is 21.4 Å². The first-order chi connectivity index (χ1) is 9.42. The molecular weight excluding hydrogens is 299 g/mol. The van der Waals surface area contributed by atoms with Crippen molar-refractivity contribution in [3.05, 3.63) is 52.7 Å². The van der Waals surface area contributed by atoms with Gasteiger partial charge in [-0.05, 0) is 41.6 Å². The minimum absolute atomic E-state index is 0.209. The van der Waals surface area contributed by atoms with E-state index >= 15 is 0 Å². The van der Waals surface area contributed by atoms with Gasteiger partial charge in [0.25, 0.3) is 10.0 Å². The highest BCUT2D eigenvalue weighted by atomic mass is 32.2. The number of nitrogens with one attached hydrogen (secondary N) is 1. The second-order valence-corrected chi connectivity index (χ2v) is 7.23. The number of thiophene rings is 1. The van der Waals surface area contributed by atoms with Crippen molar-refractivity contribution in [3.63, 3.8) is 0 Å². The summed E-state index contributed by atoms with van der Waals surface area (Å²) in [5.74, 6) is -0.393. The highest BCUT2D eigenvalue weighted by molar-refractivity contribution is 7.91. The van der Waals surface area contributed by atoms with Gasteiger partial charge in [-0.15, -0.1) is 11.3 Å². The summed E-state index contributed by atoms with van der Waals surface area (Å²) in [5, 5.41) is 1.71. The number of nitrogens with two attached hydrogens (primary N) is 1. The summed E-state index contributed by atoms with van der Waals surface area (Å²) in [7, 11) is -3.62. The fourth-order valence-electron chi connectivity index (χ4n) is 1.74. The molecule has 0 bridgehead atoms. The van der Waals surface area contributed by atoms with E-state index < -0.39 is 21.9 Å². The van der Waals surface area contributed by atoms with Crippen LogP contribution in [0.4, 0.5) is 4.39 Å². The molecule has 108 valence electrons. The maximum absolute atomic E-state index is 13.1. The van der Waals surface area contributed by atoms with Gasteiger partial charge < -0.3 is 5.73 Å². The Kier molecular flexibility index (Phi) is 4.54. The van der Waals surface area contributed by atoms with Crippen LogP contribution in [0.25, 0.3) is 0 Å². The molecule has 2 aromatic rings. The SMILES string of the molecule is CC(NS(=O)(=O)c1cc(CN)cs1)c1cccc(F)c1. The Hall–Kier alpha value is -1.28. The van der Waals surface area contributed by atoms with Crippen molar-refractivity contribution in [2.45, 2.75) is 23.7 Å². The quantitative estimate of drug-likeness (QED) is 0.890. The van der Waals surface area contributed by atoms with E-state index in [9.17, 15) is 12.8 Å². The summed E-state index contributed by atoms with van der Waals surface area (Å²) in [6, 6.07) is 6.89. The molecule has 2 rings (SSSR count). The van der Waals surface area contributed by atoms with E-state index in [2.05, 4.69) is 4.72 Å². The van der Waals surface area contributed by atoms with Crippen molar-refractivity contribution in [1.29, 1.82) is 0 Å². The molecule has 0 saturated heterocycles. The van der Waals surface area contributed by atoms with E-state index in [1.165, 1.54) is 12.1 Å². The van der Waals surface area contributed by atoms with Gasteiger partial charge in [0.2, 0.25) is 0 Å². The lowest BCUT2D eigenvalue weighted by molar-refractivity contribution is 0.566. The highest BCUT2D eigenvalue weighted by Crippen LogP contribution is 2.22. The van der Waals surface area contributed by atoms with Crippen LogP contribution in [0.2, 0.25) is 0 Å². The number of hydrogen-bond acceptors (Lipinski definition) is 4. The molecule has 7 heteroatoms. The molecule has 1 aromatic heterocycles. The van der Waals surface area contributed by atoms with Crippen LogP contribution in [0.1, 0.15) is 24.1 Å². The average molecular weight is 314 g/mol. The third-order valence-electron chi connectivity index (χ3n) is 2.81. The van der Waals surface area contributed by atoms with Crippen molar-refractivity contribution in [2.75, 3.05) is 0 Å². The third kappa shape index (κ3) is 3.43. The Morgan fingerprint density at radius 1 is 1.40 bits per heavy atom. The van der Waals surface area contributed by atoms with Crippen LogP contribution >= 0.6 is 11.3 Å². The van der Waals surface area contributed by atoms with Crippen LogP contribution in [0.15, 0.2) is 39.9 Å². The Morgan fingerprint density at radius 3 is 2.75 bits per heavy atom. The normalized spacial score (nSPS) is 13.3. The second-order valence-electron chi connectivity index (χ2n) is 4.38. The largest absolute Gasteiger partial charge is 0.326 e. The molecule has 3 N–H and O–H groups in total. The van der Waals surface area contributed by atoms with E-state index in [4.69, 9.17) is 5.73 Å². The summed E-state index contributed by atoms with van der Waals surface area (Å²) in [6.45, 7) is 1.97.